The fourth-order valence-electron chi connectivity index (χ4n) is 3.88. The van der Waals surface area contributed by atoms with Crippen LogP contribution in [0.3, 0.4) is 0 Å². The van der Waals surface area contributed by atoms with Crippen molar-refractivity contribution >= 4 is 11.6 Å². The lowest BCUT2D eigenvalue weighted by atomic mass is 9.93. The molecule has 1 aliphatic rings. The van der Waals surface area contributed by atoms with E-state index in [-0.39, 0.29) is 5.91 Å². The number of likely N-dealkylation sites (tertiary alicyclic amines) is 1. The highest BCUT2D eigenvalue weighted by atomic mass is 16.5. The van der Waals surface area contributed by atoms with Gasteiger partial charge in [0.1, 0.15) is 17.4 Å². The second kappa shape index (κ2) is 9.19. The number of piperidine rings is 1. The molecule has 28 heavy (non-hydrogen) atoms. The number of benzene rings is 1. The first-order chi connectivity index (χ1) is 13.4. The lowest BCUT2D eigenvalue weighted by molar-refractivity contribution is -0.116. The molecule has 1 aliphatic heterocycles. The normalized spacial score (nSPS) is 17.5. The molecule has 2 heterocycles. The second-order valence-electron chi connectivity index (χ2n) is 7.71. The maximum Gasteiger partial charge on any atom is 0.224 e. The molecule has 7 nitrogen and oxygen atoms in total. The summed E-state index contributed by atoms with van der Waals surface area (Å²) in [5.41, 5.74) is 1.87. The zero-order valence-electron chi connectivity index (χ0n) is 17.4. The Morgan fingerprint density at radius 2 is 2.18 bits per heavy atom. The van der Waals surface area contributed by atoms with Crippen molar-refractivity contribution in [1.29, 1.82) is 0 Å². The highest BCUT2D eigenvalue weighted by Crippen LogP contribution is 2.24. The van der Waals surface area contributed by atoms with Gasteiger partial charge in [0.25, 0.3) is 0 Å². The fraction of sp³-hybridized carbons (Fsp3) is 0.571. The Morgan fingerprint density at radius 1 is 1.36 bits per heavy atom. The topological polar surface area (TPSA) is 72.3 Å². The number of carbonyl (C=O) groups is 1. The van der Waals surface area contributed by atoms with Gasteiger partial charge in [-0.05, 0) is 69.3 Å². The third-order valence-corrected chi connectivity index (χ3v) is 5.41. The van der Waals surface area contributed by atoms with E-state index in [1.165, 1.54) is 12.8 Å². The summed E-state index contributed by atoms with van der Waals surface area (Å²) in [6.07, 6.45) is 3.81. The quantitative estimate of drug-likeness (QED) is 0.793. The fourth-order valence-corrected chi connectivity index (χ4v) is 3.88. The van der Waals surface area contributed by atoms with Crippen molar-refractivity contribution in [3.63, 3.8) is 0 Å². The third kappa shape index (κ3) is 5.32. The monoisotopic (exact) mass is 385 g/mol. The Hall–Kier alpha value is -2.41. The zero-order chi connectivity index (χ0) is 20.1. The van der Waals surface area contributed by atoms with E-state index in [1.807, 2.05) is 43.8 Å². The molecule has 1 atom stereocenters. The van der Waals surface area contributed by atoms with Crippen LogP contribution in [0, 0.1) is 19.8 Å². The van der Waals surface area contributed by atoms with Crippen molar-refractivity contribution in [2.24, 2.45) is 13.0 Å². The van der Waals surface area contributed by atoms with E-state index in [2.05, 4.69) is 20.3 Å². The maximum atomic E-state index is 12.4. The number of nitrogens with zero attached hydrogens (tertiary/aromatic N) is 4. The number of ether oxygens (including phenoxy) is 1. The molecule has 0 saturated carbocycles. The molecule has 7 heteroatoms. The van der Waals surface area contributed by atoms with E-state index in [9.17, 15) is 4.79 Å². The average Bonchev–Trinajstić information content (AvgIpc) is 2.99. The van der Waals surface area contributed by atoms with Gasteiger partial charge in [-0.15, -0.1) is 0 Å². The summed E-state index contributed by atoms with van der Waals surface area (Å²) in [6, 6.07) is 5.70. The second-order valence-corrected chi connectivity index (χ2v) is 7.71. The van der Waals surface area contributed by atoms with Gasteiger partial charge in [0.05, 0.1) is 13.7 Å². The number of anilines is 1. The van der Waals surface area contributed by atoms with Crippen LogP contribution in [0.25, 0.3) is 0 Å². The molecule has 3 rings (SSSR count). The van der Waals surface area contributed by atoms with E-state index in [0.717, 1.165) is 54.7 Å². The van der Waals surface area contributed by atoms with Crippen LogP contribution < -0.4 is 10.1 Å². The predicted octanol–water partition coefficient (Wildman–Crippen LogP) is 3.07. The molecule has 1 unspecified atom stereocenters. The van der Waals surface area contributed by atoms with Gasteiger partial charge in [-0.2, -0.15) is 5.10 Å². The first-order valence-corrected chi connectivity index (χ1v) is 9.98. The van der Waals surface area contributed by atoms with Crippen molar-refractivity contribution in [3.05, 3.63) is 35.4 Å². The molecule has 1 aromatic heterocycles. The van der Waals surface area contributed by atoms with Crippen molar-refractivity contribution < 1.29 is 9.53 Å². The zero-order valence-corrected chi connectivity index (χ0v) is 17.4. The molecule has 0 spiro atoms. The van der Waals surface area contributed by atoms with E-state index in [1.54, 1.807) is 7.11 Å². The molecule has 2 aromatic rings. The van der Waals surface area contributed by atoms with Crippen molar-refractivity contribution in [2.75, 3.05) is 25.5 Å². The van der Waals surface area contributed by atoms with Crippen LogP contribution in [0.5, 0.6) is 5.75 Å². The summed E-state index contributed by atoms with van der Waals surface area (Å²) >= 11 is 0. The number of hydrogen-bond donors (Lipinski definition) is 1. The molecule has 152 valence electrons. The van der Waals surface area contributed by atoms with Crippen LogP contribution in [0.4, 0.5) is 5.69 Å². The summed E-state index contributed by atoms with van der Waals surface area (Å²) in [4.78, 5) is 19.3. The number of amides is 1. The molecule has 1 amide bonds. The smallest absolute Gasteiger partial charge is 0.224 e. The van der Waals surface area contributed by atoms with E-state index in [0.29, 0.717) is 12.3 Å². The van der Waals surface area contributed by atoms with Crippen molar-refractivity contribution in [3.8, 4) is 5.75 Å². The number of rotatable bonds is 7. The van der Waals surface area contributed by atoms with Crippen LogP contribution in [0.2, 0.25) is 0 Å². The van der Waals surface area contributed by atoms with Crippen molar-refractivity contribution in [2.45, 2.75) is 46.1 Å². The summed E-state index contributed by atoms with van der Waals surface area (Å²) < 4.78 is 7.08. The number of aromatic nitrogens is 3. The largest absolute Gasteiger partial charge is 0.497 e. The molecular weight excluding hydrogens is 354 g/mol. The van der Waals surface area contributed by atoms with Gasteiger partial charge in [0.2, 0.25) is 5.91 Å². The molecule has 1 saturated heterocycles. The van der Waals surface area contributed by atoms with E-state index < -0.39 is 0 Å². The molecule has 0 radical (unpaired) electrons. The van der Waals surface area contributed by atoms with Crippen LogP contribution in [0.15, 0.2) is 18.2 Å². The Balaban J connectivity index is 1.47. The lowest BCUT2D eigenvalue weighted by Gasteiger charge is -2.32. The molecular formula is C21H31N5O2. The first kappa shape index (κ1) is 20.3. The van der Waals surface area contributed by atoms with Gasteiger partial charge in [0.15, 0.2) is 0 Å². The van der Waals surface area contributed by atoms with Crippen LogP contribution in [0.1, 0.15) is 42.9 Å². The molecule has 0 bridgehead atoms. The molecule has 1 aromatic carbocycles. The predicted molar refractivity (Wildman–Crippen MR) is 109 cm³/mol. The van der Waals surface area contributed by atoms with Crippen LogP contribution >= 0.6 is 0 Å². The SMILES string of the molecule is COc1ccc(NC(=O)CCC2CCCN(Cc3nc(C)nn3C)C2)c(C)c1. The number of nitrogens with one attached hydrogen (secondary N) is 1. The average molecular weight is 386 g/mol. The summed E-state index contributed by atoms with van der Waals surface area (Å²) in [5, 5.41) is 7.36. The minimum Gasteiger partial charge on any atom is -0.497 e. The number of carbonyl (C=O) groups excluding carboxylic acids is 1. The summed E-state index contributed by atoms with van der Waals surface area (Å²) in [6.45, 7) is 6.82. The minimum atomic E-state index is 0.0781. The Bertz CT molecular complexity index is 817. The Morgan fingerprint density at radius 3 is 2.86 bits per heavy atom. The van der Waals surface area contributed by atoms with Gasteiger partial charge >= 0.3 is 0 Å². The van der Waals surface area contributed by atoms with E-state index in [4.69, 9.17) is 4.74 Å². The number of hydrogen-bond acceptors (Lipinski definition) is 5. The lowest BCUT2D eigenvalue weighted by Crippen LogP contribution is -2.36. The third-order valence-electron chi connectivity index (χ3n) is 5.41. The van der Waals surface area contributed by atoms with E-state index >= 15 is 0 Å². The van der Waals surface area contributed by atoms with Gasteiger partial charge < -0.3 is 10.1 Å². The maximum absolute atomic E-state index is 12.4. The highest BCUT2D eigenvalue weighted by Gasteiger charge is 2.22. The van der Waals surface area contributed by atoms with Gasteiger partial charge in [-0.25, -0.2) is 4.98 Å². The first-order valence-electron chi connectivity index (χ1n) is 9.98. The Kier molecular flexibility index (Phi) is 6.67. The molecule has 1 N–H and O–H groups in total. The Labute approximate surface area is 167 Å². The van der Waals surface area contributed by atoms with Gasteiger partial charge in [-0.1, -0.05) is 0 Å². The summed E-state index contributed by atoms with van der Waals surface area (Å²) in [5.74, 6) is 3.25. The van der Waals surface area contributed by atoms with Crippen molar-refractivity contribution in [1.82, 2.24) is 19.7 Å². The molecule has 0 aliphatic carbocycles. The highest BCUT2D eigenvalue weighted by molar-refractivity contribution is 5.91. The van der Waals surface area contributed by atoms with Crippen LogP contribution in [-0.2, 0) is 18.4 Å². The standard InChI is InChI=1S/C21H31N5O2/c1-15-12-18(28-4)8-9-19(15)23-21(27)10-7-17-6-5-11-26(13-17)14-20-22-16(2)24-25(20)3/h8-9,12,17H,5-7,10-11,13-14H2,1-4H3,(H,23,27). The number of aryl methyl sites for hydroxylation is 3. The number of methoxy groups -OCH3 is 1. The summed E-state index contributed by atoms with van der Waals surface area (Å²) in [7, 11) is 3.59. The van der Waals surface area contributed by atoms with Crippen LogP contribution in [-0.4, -0.2) is 45.8 Å². The van der Waals surface area contributed by atoms with Gasteiger partial charge in [-0.3, -0.25) is 14.4 Å². The minimum absolute atomic E-state index is 0.0781. The molecule has 1 fully saturated rings. The van der Waals surface area contributed by atoms with Gasteiger partial charge in [0, 0.05) is 25.7 Å².